The third-order valence-electron chi connectivity index (χ3n) is 4.26. The zero-order chi connectivity index (χ0) is 18.1. The summed E-state index contributed by atoms with van der Waals surface area (Å²) in [5.41, 5.74) is 2.33. The van der Waals surface area contributed by atoms with Gasteiger partial charge in [-0.05, 0) is 48.4 Å². The molecule has 1 heterocycles. The third kappa shape index (κ3) is 4.63. The maximum Gasteiger partial charge on any atom is 0.240 e. The molecule has 0 saturated carbocycles. The Balaban J connectivity index is 0.00000243. The zero-order valence-corrected chi connectivity index (χ0v) is 16.6. The van der Waals surface area contributed by atoms with E-state index < -0.39 is 19.9 Å². The lowest BCUT2D eigenvalue weighted by Crippen LogP contribution is -2.38. The van der Waals surface area contributed by atoms with E-state index >= 15 is 0 Å². The minimum absolute atomic E-state index is 0. The largest absolute Gasteiger partial charge is 0.308 e. The second-order valence-corrected chi connectivity index (χ2v) is 9.83. The molecule has 3 rings (SSSR count). The van der Waals surface area contributed by atoms with E-state index in [9.17, 15) is 16.8 Å². The molecular weight excluding hydrogens is 396 g/mol. The fourth-order valence-corrected chi connectivity index (χ4v) is 4.59. The van der Waals surface area contributed by atoms with E-state index in [0.717, 1.165) is 24.8 Å². The summed E-state index contributed by atoms with van der Waals surface area (Å²) in [6.07, 6.45) is 2.01. The van der Waals surface area contributed by atoms with Crippen LogP contribution in [0.15, 0.2) is 58.3 Å². The first-order valence-electron chi connectivity index (χ1n) is 7.88. The van der Waals surface area contributed by atoms with Crippen LogP contribution in [0.4, 0.5) is 0 Å². The maximum absolute atomic E-state index is 12.5. The number of halogens is 1. The molecule has 1 aliphatic rings. The average molecular weight is 417 g/mol. The van der Waals surface area contributed by atoms with Gasteiger partial charge in [-0.25, -0.2) is 21.6 Å². The lowest BCUT2D eigenvalue weighted by Gasteiger charge is -2.27. The standard InChI is InChI=1S/C17H20N2O4S2.ClH/c1-24(20,21)14-6-8-15(9-7-14)25(22,23)19-12-17-16-5-3-2-4-13(16)10-11-18-17;/h2-9,17-19H,10-12H2,1H3;1H. The first-order valence-corrected chi connectivity index (χ1v) is 11.3. The Morgan fingerprint density at radius 3 is 2.27 bits per heavy atom. The van der Waals surface area contributed by atoms with Crippen molar-refractivity contribution in [2.24, 2.45) is 0 Å². The summed E-state index contributed by atoms with van der Waals surface area (Å²) in [6.45, 7) is 1.03. The molecule has 26 heavy (non-hydrogen) atoms. The van der Waals surface area contributed by atoms with Gasteiger partial charge >= 0.3 is 0 Å². The van der Waals surface area contributed by atoms with Gasteiger partial charge in [-0.2, -0.15) is 0 Å². The lowest BCUT2D eigenvalue weighted by atomic mass is 9.95. The highest BCUT2D eigenvalue weighted by molar-refractivity contribution is 7.90. The SMILES string of the molecule is CS(=O)(=O)c1ccc(S(=O)(=O)NCC2NCCc3ccccc32)cc1.Cl. The molecule has 1 unspecified atom stereocenters. The fourth-order valence-electron chi connectivity index (χ4n) is 2.92. The van der Waals surface area contributed by atoms with Crippen LogP contribution in [0.2, 0.25) is 0 Å². The first-order chi connectivity index (χ1) is 11.8. The number of sulfone groups is 1. The fraction of sp³-hybridized carbons (Fsp3) is 0.294. The lowest BCUT2D eigenvalue weighted by molar-refractivity contribution is 0.491. The molecule has 0 amide bonds. The van der Waals surface area contributed by atoms with Gasteiger partial charge in [-0.3, -0.25) is 0 Å². The molecule has 2 aromatic rings. The Morgan fingerprint density at radius 1 is 1.00 bits per heavy atom. The van der Waals surface area contributed by atoms with Crippen molar-refractivity contribution in [1.82, 2.24) is 10.0 Å². The van der Waals surface area contributed by atoms with E-state index in [1.54, 1.807) is 0 Å². The molecule has 0 bridgehead atoms. The summed E-state index contributed by atoms with van der Waals surface area (Å²) in [7, 11) is -7.06. The number of rotatable bonds is 5. The number of sulfonamides is 1. The molecule has 0 spiro atoms. The highest BCUT2D eigenvalue weighted by atomic mass is 35.5. The Morgan fingerprint density at radius 2 is 1.62 bits per heavy atom. The highest BCUT2D eigenvalue weighted by Gasteiger charge is 2.22. The molecule has 1 atom stereocenters. The molecule has 6 nitrogen and oxygen atoms in total. The highest BCUT2D eigenvalue weighted by Crippen LogP contribution is 2.22. The summed E-state index contributed by atoms with van der Waals surface area (Å²) in [6, 6.07) is 13.1. The van der Waals surface area contributed by atoms with Crippen LogP contribution < -0.4 is 10.0 Å². The number of benzene rings is 2. The molecule has 0 radical (unpaired) electrons. The molecule has 0 fully saturated rings. The van der Waals surface area contributed by atoms with Gasteiger partial charge < -0.3 is 5.32 Å². The van der Waals surface area contributed by atoms with Gasteiger partial charge in [0.1, 0.15) is 0 Å². The first kappa shape index (κ1) is 20.9. The van der Waals surface area contributed by atoms with Crippen LogP contribution in [0, 0.1) is 0 Å². The summed E-state index contributed by atoms with van der Waals surface area (Å²) < 4.78 is 50.5. The number of nitrogens with one attached hydrogen (secondary N) is 2. The number of fused-ring (bicyclic) bond motifs is 1. The van der Waals surface area contributed by atoms with Gasteiger partial charge in [0.15, 0.2) is 9.84 Å². The average Bonchev–Trinajstić information content (AvgIpc) is 2.59. The van der Waals surface area contributed by atoms with E-state index in [4.69, 9.17) is 0 Å². The second-order valence-electron chi connectivity index (χ2n) is 6.05. The summed E-state index contributed by atoms with van der Waals surface area (Å²) in [4.78, 5) is 0.137. The van der Waals surface area contributed by atoms with Crippen molar-refractivity contribution in [2.75, 3.05) is 19.3 Å². The maximum atomic E-state index is 12.5. The van der Waals surface area contributed by atoms with Gasteiger partial charge in [-0.15, -0.1) is 12.4 Å². The summed E-state index contributed by atoms with van der Waals surface area (Å²) >= 11 is 0. The van der Waals surface area contributed by atoms with Crippen LogP contribution in [0.3, 0.4) is 0 Å². The van der Waals surface area contributed by atoms with Crippen molar-refractivity contribution >= 4 is 32.3 Å². The van der Waals surface area contributed by atoms with Crippen molar-refractivity contribution in [1.29, 1.82) is 0 Å². The molecular formula is C17H21ClN2O4S2. The topological polar surface area (TPSA) is 92.3 Å². The number of hydrogen-bond donors (Lipinski definition) is 2. The van der Waals surface area contributed by atoms with Crippen molar-refractivity contribution in [3.63, 3.8) is 0 Å². The van der Waals surface area contributed by atoms with Crippen molar-refractivity contribution in [3.05, 3.63) is 59.7 Å². The van der Waals surface area contributed by atoms with E-state index in [-0.39, 0.29) is 34.8 Å². The van der Waals surface area contributed by atoms with Gasteiger partial charge in [0.25, 0.3) is 0 Å². The van der Waals surface area contributed by atoms with Crippen molar-refractivity contribution < 1.29 is 16.8 Å². The molecule has 142 valence electrons. The molecule has 9 heteroatoms. The monoisotopic (exact) mass is 416 g/mol. The quantitative estimate of drug-likeness (QED) is 0.773. The van der Waals surface area contributed by atoms with E-state index in [1.165, 1.54) is 29.8 Å². The van der Waals surface area contributed by atoms with E-state index in [2.05, 4.69) is 16.1 Å². The van der Waals surface area contributed by atoms with Gasteiger partial charge in [0.2, 0.25) is 10.0 Å². The molecule has 0 saturated heterocycles. The molecule has 2 aromatic carbocycles. The number of hydrogen-bond acceptors (Lipinski definition) is 5. The van der Waals surface area contributed by atoms with Crippen LogP contribution in [0.25, 0.3) is 0 Å². The summed E-state index contributed by atoms with van der Waals surface area (Å²) in [5, 5.41) is 3.32. The van der Waals surface area contributed by atoms with Crippen molar-refractivity contribution in [3.8, 4) is 0 Å². The van der Waals surface area contributed by atoms with Gasteiger partial charge in [0.05, 0.1) is 9.79 Å². The predicted molar refractivity (Wildman–Crippen MR) is 103 cm³/mol. The van der Waals surface area contributed by atoms with Crippen LogP contribution in [0.1, 0.15) is 17.2 Å². The van der Waals surface area contributed by atoms with Gasteiger partial charge in [-0.1, -0.05) is 24.3 Å². The third-order valence-corrected chi connectivity index (χ3v) is 6.82. The Bertz CT molecular complexity index is 974. The molecule has 2 N–H and O–H groups in total. The molecule has 0 aromatic heterocycles. The second kappa shape index (κ2) is 8.06. The Kier molecular flexibility index (Phi) is 6.46. The van der Waals surface area contributed by atoms with Crippen LogP contribution >= 0.6 is 12.4 Å². The van der Waals surface area contributed by atoms with Gasteiger partial charge in [0, 0.05) is 18.8 Å². The van der Waals surface area contributed by atoms with Crippen molar-refractivity contribution in [2.45, 2.75) is 22.3 Å². The van der Waals surface area contributed by atoms with Crippen LogP contribution in [-0.4, -0.2) is 36.2 Å². The van der Waals surface area contributed by atoms with E-state index in [0.29, 0.717) is 0 Å². The molecule has 0 aliphatic carbocycles. The normalized spacial score (nSPS) is 17.2. The minimum atomic E-state index is -3.71. The minimum Gasteiger partial charge on any atom is -0.308 e. The smallest absolute Gasteiger partial charge is 0.240 e. The predicted octanol–water partition coefficient (Wildman–Crippen LogP) is 1.68. The van der Waals surface area contributed by atoms with E-state index in [1.807, 2.05) is 18.2 Å². The Hall–Kier alpha value is -1.45. The van der Waals surface area contributed by atoms with Crippen LogP contribution in [0.5, 0.6) is 0 Å². The zero-order valence-electron chi connectivity index (χ0n) is 14.2. The summed E-state index contributed by atoms with van der Waals surface area (Å²) in [5.74, 6) is 0. The molecule has 1 aliphatic heterocycles. The van der Waals surface area contributed by atoms with Crippen LogP contribution in [-0.2, 0) is 26.3 Å². The Labute approximate surface area is 160 Å².